The quantitative estimate of drug-likeness (QED) is 0.632. The predicted molar refractivity (Wildman–Crippen MR) is 62.2 cm³/mol. The van der Waals surface area contributed by atoms with E-state index in [-0.39, 0.29) is 0 Å². The Morgan fingerprint density at radius 2 is 1.79 bits per heavy atom. The van der Waals surface area contributed by atoms with Gasteiger partial charge in [0.25, 0.3) is 0 Å². The molecule has 0 aliphatic carbocycles. The molecule has 3 nitrogen and oxygen atoms in total. The Labute approximate surface area is 91.7 Å². The SMILES string of the molecule is CN1CCN(CN2CCCCC2)C1=S. The fraction of sp³-hybridized carbons (Fsp3) is 0.900. The highest BCUT2D eigenvalue weighted by molar-refractivity contribution is 7.80. The molecular weight excluding hydrogens is 194 g/mol. The molecule has 0 radical (unpaired) electrons. The van der Waals surface area contributed by atoms with Gasteiger partial charge in [0.2, 0.25) is 0 Å². The molecule has 2 aliphatic rings. The van der Waals surface area contributed by atoms with Gasteiger partial charge in [0, 0.05) is 20.1 Å². The minimum atomic E-state index is 1.02. The Hall–Kier alpha value is -0.350. The van der Waals surface area contributed by atoms with E-state index in [1.807, 2.05) is 0 Å². The molecule has 0 amide bonds. The van der Waals surface area contributed by atoms with Gasteiger partial charge in [0.05, 0.1) is 6.67 Å². The molecule has 0 atom stereocenters. The van der Waals surface area contributed by atoms with Gasteiger partial charge < -0.3 is 9.80 Å². The van der Waals surface area contributed by atoms with E-state index in [0.717, 1.165) is 24.9 Å². The summed E-state index contributed by atoms with van der Waals surface area (Å²) in [5.41, 5.74) is 0. The molecule has 0 aromatic carbocycles. The smallest absolute Gasteiger partial charge is 0.172 e. The van der Waals surface area contributed by atoms with E-state index in [0.29, 0.717) is 0 Å². The van der Waals surface area contributed by atoms with Crippen LogP contribution in [0.4, 0.5) is 0 Å². The van der Waals surface area contributed by atoms with Crippen molar-refractivity contribution in [3.8, 4) is 0 Å². The molecule has 2 heterocycles. The van der Waals surface area contributed by atoms with Crippen LogP contribution in [-0.4, -0.2) is 59.7 Å². The number of likely N-dealkylation sites (N-methyl/N-ethyl adjacent to an activating group) is 1. The lowest BCUT2D eigenvalue weighted by Gasteiger charge is -2.31. The van der Waals surface area contributed by atoms with Crippen LogP contribution in [-0.2, 0) is 0 Å². The maximum Gasteiger partial charge on any atom is 0.172 e. The van der Waals surface area contributed by atoms with Crippen LogP contribution in [0.25, 0.3) is 0 Å². The summed E-state index contributed by atoms with van der Waals surface area (Å²) in [7, 11) is 2.08. The summed E-state index contributed by atoms with van der Waals surface area (Å²) in [6, 6.07) is 0. The van der Waals surface area contributed by atoms with E-state index in [1.165, 1.54) is 32.4 Å². The predicted octanol–water partition coefficient (Wildman–Crippen LogP) is 0.962. The van der Waals surface area contributed by atoms with Crippen molar-refractivity contribution in [2.75, 3.05) is 39.9 Å². The van der Waals surface area contributed by atoms with E-state index in [1.54, 1.807) is 0 Å². The first-order valence-corrected chi connectivity index (χ1v) is 5.90. The number of hydrogen-bond acceptors (Lipinski definition) is 2. The number of rotatable bonds is 2. The first-order chi connectivity index (χ1) is 6.77. The number of hydrogen-bond donors (Lipinski definition) is 0. The van der Waals surface area contributed by atoms with Crippen LogP contribution >= 0.6 is 12.2 Å². The molecule has 0 N–H and O–H groups in total. The maximum atomic E-state index is 5.36. The van der Waals surface area contributed by atoms with Gasteiger partial charge in [-0.25, -0.2) is 0 Å². The highest BCUT2D eigenvalue weighted by atomic mass is 32.1. The van der Waals surface area contributed by atoms with Crippen LogP contribution in [0.2, 0.25) is 0 Å². The summed E-state index contributed by atoms with van der Waals surface area (Å²) >= 11 is 5.36. The van der Waals surface area contributed by atoms with Crippen molar-refractivity contribution >= 4 is 17.3 Å². The van der Waals surface area contributed by atoms with E-state index >= 15 is 0 Å². The van der Waals surface area contributed by atoms with Crippen LogP contribution in [0.15, 0.2) is 0 Å². The Balaban J connectivity index is 1.82. The van der Waals surface area contributed by atoms with Crippen LogP contribution in [0, 0.1) is 0 Å². The number of piperidine rings is 1. The Kier molecular flexibility index (Phi) is 3.23. The molecule has 0 spiro atoms. The van der Waals surface area contributed by atoms with Gasteiger partial charge >= 0.3 is 0 Å². The third-order valence-corrected chi connectivity index (χ3v) is 3.69. The largest absolute Gasteiger partial charge is 0.350 e. The van der Waals surface area contributed by atoms with Crippen molar-refractivity contribution in [3.05, 3.63) is 0 Å². The fourth-order valence-corrected chi connectivity index (χ4v) is 2.42. The van der Waals surface area contributed by atoms with Crippen molar-refractivity contribution in [2.45, 2.75) is 19.3 Å². The summed E-state index contributed by atoms with van der Waals surface area (Å²) in [6.45, 7) is 5.74. The minimum absolute atomic E-state index is 1.02. The highest BCUT2D eigenvalue weighted by Gasteiger charge is 2.23. The normalized spacial score (nSPS) is 24.8. The zero-order valence-corrected chi connectivity index (χ0v) is 9.72. The average Bonchev–Trinajstić information content (AvgIpc) is 2.52. The Morgan fingerprint density at radius 1 is 1.07 bits per heavy atom. The van der Waals surface area contributed by atoms with E-state index in [2.05, 4.69) is 21.7 Å². The fourth-order valence-electron chi connectivity index (χ4n) is 2.18. The third kappa shape index (κ3) is 2.17. The second-order valence-electron chi connectivity index (χ2n) is 4.29. The molecule has 0 aromatic rings. The molecule has 2 saturated heterocycles. The molecule has 0 aromatic heterocycles. The van der Waals surface area contributed by atoms with Gasteiger partial charge in [-0.15, -0.1) is 0 Å². The molecule has 2 rings (SSSR count). The highest BCUT2D eigenvalue weighted by Crippen LogP contribution is 2.12. The van der Waals surface area contributed by atoms with Gasteiger partial charge in [-0.05, 0) is 38.1 Å². The van der Waals surface area contributed by atoms with Gasteiger partial charge in [0.1, 0.15) is 0 Å². The van der Waals surface area contributed by atoms with E-state index in [4.69, 9.17) is 12.2 Å². The van der Waals surface area contributed by atoms with Crippen LogP contribution in [0.3, 0.4) is 0 Å². The zero-order chi connectivity index (χ0) is 9.97. The van der Waals surface area contributed by atoms with Crippen molar-refractivity contribution in [2.24, 2.45) is 0 Å². The lowest BCUT2D eigenvalue weighted by Crippen LogP contribution is -2.42. The summed E-state index contributed by atoms with van der Waals surface area (Å²) in [6.07, 6.45) is 4.12. The molecule has 2 aliphatic heterocycles. The monoisotopic (exact) mass is 213 g/mol. The Bertz CT molecular complexity index is 213. The van der Waals surface area contributed by atoms with Crippen molar-refractivity contribution in [3.63, 3.8) is 0 Å². The number of thiocarbonyl (C=S) groups is 1. The number of likely N-dealkylation sites (tertiary alicyclic amines) is 1. The van der Waals surface area contributed by atoms with Gasteiger partial charge in [-0.1, -0.05) is 6.42 Å². The lowest BCUT2D eigenvalue weighted by atomic mass is 10.1. The van der Waals surface area contributed by atoms with Crippen LogP contribution < -0.4 is 0 Å². The molecule has 14 heavy (non-hydrogen) atoms. The van der Waals surface area contributed by atoms with Gasteiger partial charge in [-0.2, -0.15) is 0 Å². The standard InChI is InChI=1S/C10H19N3S/c1-11-7-8-13(10(11)14)9-12-5-3-2-4-6-12/h2-9H2,1H3. The van der Waals surface area contributed by atoms with Gasteiger partial charge in [-0.3, -0.25) is 4.90 Å². The average molecular weight is 213 g/mol. The molecule has 2 fully saturated rings. The lowest BCUT2D eigenvalue weighted by molar-refractivity contribution is 0.167. The molecule has 0 unspecified atom stereocenters. The summed E-state index contributed by atoms with van der Waals surface area (Å²) in [4.78, 5) is 7.01. The second kappa shape index (κ2) is 4.45. The number of nitrogens with zero attached hydrogens (tertiary/aromatic N) is 3. The summed E-state index contributed by atoms with van der Waals surface area (Å²) in [5.74, 6) is 0. The first kappa shape index (κ1) is 10.2. The molecular formula is C10H19N3S. The minimum Gasteiger partial charge on any atom is -0.350 e. The topological polar surface area (TPSA) is 9.72 Å². The first-order valence-electron chi connectivity index (χ1n) is 5.50. The molecule has 0 saturated carbocycles. The van der Waals surface area contributed by atoms with E-state index < -0.39 is 0 Å². The van der Waals surface area contributed by atoms with E-state index in [9.17, 15) is 0 Å². The third-order valence-electron chi connectivity index (χ3n) is 3.12. The molecule has 80 valence electrons. The van der Waals surface area contributed by atoms with Crippen molar-refractivity contribution in [1.29, 1.82) is 0 Å². The van der Waals surface area contributed by atoms with Crippen molar-refractivity contribution < 1.29 is 0 Å². The summed E-state index contributed by atoms with van der Waals surface area (Å²) in [5, 5.41) is 1.02. The Morgan fingerprint density at radius 3 is 2.36 bits per heavy atom. The van der Waals surface area contributed by atoms with Crippen molar-refractivity contribution in [1.82, 2.24) is 14.7 Å². The molecule has 4 heteroatoms. The molecule has 0 bridgehead atoms. The summed E-state index contributed by atoms with van der Waals surface area (Å²) < 4.78 is 0. The maximum absolute atomic E-state index is 5.36. The van der Waals surface area contributed by atoms with Crippen LogP contribution in [0.5, 0.6) is 0 Å². The van der Waals surface area contributed by atoms with Crippen LogP contribution in [0.1, 0.15) is 19.3 Å². The zero-order valence-electron chi connectivity index (χ0n) is 8.91. The second-order valence-corrected chi connectivity index (χ2v) is 4.65. The van der Waals surface area contributed by atoms with Gasteiger partial charge in [0.15, 0.2) is 5.11 Å².